The van der Waals surface area contributed by atoms with E-state index in [1.165, 1.54) is 32.8 Å². The number of ether oxygens (including phenoxy) is 1. The Morgan fingerprint density at radius 3 is 2.88 bits per heavy atom. The molecule has 1 N–H and O–H groups in total. The van der Waals surface area contributed by atoms with Gasteiger partial charge in [-0.2, -0.15) is 10.2 Å². The molecule has 1 aromatic heterocycles. The molecule has 1 heterocycles. The van der Waals surface area contributed by atoms with Gasteiger partial charge >= 0.3 is 5.95 Å². The van der Waals surface area contributed by atoms with Gasteiger partial charge in [-0.15, -0.1) is 0 Å². The first-order chi connectivity index (χ1) is 8.30. The second kappa shape index (κ2) is 3.95. The number of nitrogens with zero attached hydrogens (tertiary/aromatic N) is 2. The summed E-state index contributed by atoms with van der Waals surface area (Å²) in [6.45, 7) is 0. The zero-order chi connectivity index (χ0) is 11.8. The molecule has 0 saturated heterocycles. The number of nitrogens with one attached hydrogen (secondary N) is 1. The van der Waals surface area contributed by atoms with E-state index < -0.39 is 0 Å². The molecule has 0 amide bonds. The van der Waals surface area contributed by atoms with Crippen LogP contribution in [0.2, 0.25) is 0 Å². The van der Waals surface area contributed by atoms with Gasteiger partial charge in [-0.3, -0.25) is 0 Å². The van der Waals surface area contributed by atoms with Crippen LogP contribution in [-0.2, 0) is 0 Å². The van der Waals surface area contributed by atoms with Crippen molar-refractivity contribution >= 4 is 6.01 Å². The van der Waals surface area contributed by atoms with E-state index in [2.05, 4.69) is 10.3 Å². The maximum absolute atomic E-state index is 8.85. The average Bonchev–Trinajstić information content (AvgIpc) is 3.02. The summed E-state index contributed by atoms with van der Waals surface area (Å²) in [5.41, 5.74) is 0.207. The molecule has 0 radical (unpaired) electrons. The molecule has 2 aliphatic rings. The number of nitriles is 1. The standard InChI is InChI=1S/C12H15N3O2/c1-16-11-10(6-13)15-12(17-11)14-9-5-7-2-3-8(9)4-7/h7-9H,2-5H2,1H3,(H,14,15). The first-order valence-corrected chi connectivity index (χ1v) is 6.01. The van der Waals surface area contributed by atoms with Crippen LogP contribution in [0.5, 0.6) is 5.95 Å². The minimum atomic E-state index is 0.193. The number of methoxy groups -OCH3 is 1. The molecule has 0 aliphatic heterocycles. The minimum Gasteiger partial charge on any atom is -0.466 e. The molecular weight excluding hydrogens is 218 g/mol. The Kier molecular flexibility index (Phi) is 2.43. The number of aromatic nitrogens is 1. The number of hydrogen-bond donors (Lipinski definition) is 1. The smallest absolute Gasteiger partial charge is 0.325 e. The topological polar surface area (TPSA) is 71.1 Å². The molecular formula is C12H15N3O2. The highest BCUT2D eigenvalue weighted by Gasteiger charge is 2.40. The molecule has 2 saturated carbocycles. The van der Waals surface area contributed by atoms with Crippen molar-refractivity contribution in [3.05, 3.63) is 5.69 Å². The molecule has 3 atom stereocenters. The van der Waals surface area contributed by atoms with Crippen LogP contribution < -0.4 is 10.1 Å². The average molecular weight is 233 g/mol. The van der Waals surface area contributed by atoms with Crippen LogP contribution in [0.4, 0.5) is 6.01 Å². The van der Waals surface area contributed by atoms with Gasteiger partial charge in [0, 0.05) is 6.04 Å². The normalized spacial score (nSPS) is 30.2. The van der Waals surface area contributed by atoms with E-state index in [4.69, 9.17) is 14.4 Å². The van der Waals surface area contributed by atoms with Gasteiger partial charge in [0.1, 0.15) is 6.07 Å². The molecule has 0 spiro atoms. The van der Waals surface area contributed by atoms with Gasteiger partial charge in [-0.1, -0.05) is 6.42 Å². The Balaban J connectivity index is 1.73. The zero-order valence-corrected chi connectivity index (χ0v) is 9.77. The number of hydrogen-bond acceptors (Lipinski definition) is 5. The summed E-state index contributed by atoms with van der Waals surface area (Å²) in [6.07, 6.45) is 5.17. The molecule has 17 heavy (non-hydrogen) atoms. The molecule has 3 unspecified atom stereocenters. The molecule has 5 heteroatoms. The van der Waals surface area contributed by atoms with Gasteiger partial charge in [-0.05, 0) is 31.1 Å². The maximum atomic E-state index is 8.85. The van der Waals surface area contributed by atoms with Gasteiger partial charge in [0.25, 0.3) is 6.01 Å². The molecule has 0 aromatic carbocycles. The van der Waals surface area contributed by atoms with Crippen molar-refractivity contribution < 1.29 is 9.15 Å². The van der Waals surface area contributed by atoms with Crippen LogP contribution in [0.15, 0.2) is 4.42 Å². The van der Waals surface area contributed by atoms with E-state index in [0.717, 1.165) is 11.8 Å². The van der Waals surface area contributed by atoms with E-state index >= 15 is 0 Å². The van der Waals surface area contributed by atoms with E-state index in [1.807, 2.05) is 6.07 Å². The minimum absolute atomic E-state index is 0.193. The molecule has 2 aliphatic carbocycles. The third-order valence-electron chi connectivity index (χ3n) is 3.93. The summed E-state index contributed by atoms with van der Waals surface area (Å²) >= 11 is 0. The third kappa shape index (κ3) is 1.74. The third-order valence-corrected chi connectivity index (χ3v) is 3.93. The predicted octanol–water partition coefficient (Wildman–Crippen LogP) is 2.16. The molecule has 2 bridgehead atoms. The Morgan fingerprint density at radius 1 is 1.47 bits per heavy atom. The summed E-state index contributed by atoms with van der Waals surface area (Å²) < 4.78 is 10.3. The Hall–Kier alpha value is -1.70. The number of anilines is 1. The van der Waals surface area contributed by atoms with Crippen LogP contribution in [0.25, 0.3) is 0 Å². The van der Waals surface area contributed by atoms with Gasteiger partial charge in [0.05, 0.1) is 7.11 Å². The van der Waals surface area contributed by atoms with Crippen molar-refractivity contribution in [2.24, 2.45) is 11.8 Å². The lowest BCUT2D eigenvalue weighted by atomic mass is 9.96. The summed E-state index contributed by atoms with van der Waals surface area (Å²) in [6, 6.07) is 2.82. The van der Waals surface area contributed by atoms with E-state index in [-0.39, 0.29) is 11.6 Å². The first kappa shape index (κ1) is 10.5. The molecule has 1 aromatic rings. The van der Waals surface area contributed by atoms with E-state index in [9.17, 15) is 0 Å². The Bertz CT molecular complexity index is 463. The van der Waals surface area contributed by atoms with Crippen LogP contribution >= 0.6 is 0 Å². The van der Waals surface area contributed by atoms with E-state index in [0.29, 0.717) is 12.1 Å². The maximum Gasteiger partial charge on any atom is 0.325 e. The molecule has 5 nitrogen and oxygen atoms in total. The highest BCUT2D eigenvalue weighted by atomic mass is 16.6. The number of rotatable bonds is 3. The fourth-order valence-electron chi connectivity index (χ4n) is 3.16. The number of oxazole rings is 1. The SMILES string of the molecule is COc1oc(NC2CC3CCC2C3)nc1C#N. The van der Waals surface area contributed by atoms with Gasteiger partial charge < -0.3 is 14.5 Å². The monoisotopic (exact) mass is 233 g/mol. The van der Waals surface area contributed by atoms with Gasteiger partial charge in [0.2, 0.25) is 5.69 Å². The molecule has 90 valence electrons. The summed E-state index contributed by atoms with van der Waals surface area (Å²) in [4.78, 5) is 4.08. The molecule has 3 rings (SSSR count). The first-order valence-electron chi connectivity index (χ1n) is 6.01. The highest BCUT2D eigenvalue weighted by molar-refractivity contribution is 5.37. The van der Waals surface area contributed by atoms with Crippen LogP contribution in [-0.4, -0.2) is 18.1 Å². The fourth-order valence-corrected chi connectivity index (χ4v) is 3.16. The van der Waals surface area contributed by atoms with Gasteiger partial charge in [0.15, 0.2) is 0 Å². The second-order valence-electron chi connectivity index (χ2n) is 4.90. The van der Waals surface area contributed by atoms with Crippen molar-refractivity contribution in [1.82, 2.24) is 4.98 Å². The van der Waals surface area contributed by atoms with Crippen molar-refractivity contribution in [2.45, 2.75) is 31.7 Å². The van der Waals surface area contributed by atoms with E-state index in [1.54, 1.807) is 0 Å². The van der Waals surface area contributed by atoms with Crippen LogP contribution in [0.1, 0.15) is 31.4 Å². The lowest BCUT2D eigenvalue weighted by Crippen LogP contribution is -2.25. The molecule has 2 fully saturated rings. The van der Waals surface area contributed by atoms with Gasteiger partial charge in [-0.25, -0.2) is 0 Å². The summed E-state index contributed by atoms with van der Waals surface area (Å²) in [5.74, 6) is 1.80. The Labute approximate surface area is 99.8 Å². The van der Waals surface area contributed by atoms with Crippen LogP contribution in [0, 0.1) is 23.2 Å². The van der Waals surface area contributed by atoms with Crippen molar-refractivity contribution in [1.29, 1.82) is 5.26 Å². The number of fused-ring (bicyclic) bond motifs is 2. The lowest BCUT2D eigenvalue weighted by Gasteiger charge is -2.21. The second-order valence-corrected chi connectivity index (χ2v) is 4.90. The Morgan fingerprint density at radius 2 is 2.35 bits per heavy atom. The predicted molar refractivity (Wildman–Crippen MR) is 60.6 cm³/mol. The lowest BCUT2D eigenvalue weighted by molar-refractivity contribution is 0.305. The van der Waals surface area contributed by atoms with Crippen molar-refractivity contribution in [3.8, 4) is 12.0 Å². The summed E-state index contributed by atoms with van der Waals surface area (Å²) in [7, 11) is 1.47. The van der Waals surface area contributed by atoms with Crippen molar-refractivity contribution in [3.63, 3.8) is 0 Å². The largest absolute Gasteiger partial charge is 0.466 e. The van der Waals surface area contributed by atoms with Crippen molar-refractivity contribution in [2.75, 3.05) is 12.4 Å². The quantitative estimate of drug-likeness (QED) is 0.866. The highest BCUT2D eigenvalue weighted by Crippen LogP contribution is 2.45. The fraction of sp³-hybridized carbons (Fsp3) is 0.667. The zero-order valence-electron chi connectivity index (χ0n) is 9.77. The summed E-state index contributed by atoms with van der Waals surface area (Å²) in [5, 5.41) is 12.1. The van der Waals surface area contributed by atoms with Crippen LogP contribution in [0.3, 0.4) is 0 Å².